The number of nitrogens with zero attached hydrogens (tertiary/aromatic N) is 1. The van der Waals surface area contributed by atoms with Crippen molar-refractivity contribution in [3.8, 4) is 11.5 Å². The molecule has 0 atom stereocenters. The zero-order chi connectivity index (χ0) is 15.8. The van der Waals surface area contributed by atoms with Crippen molar-refractivity contribution in [1.29, 1.82) is 0 Å². The van der Waals surface area contributed by atoms with E-state index in [1.165, 1.54) is 5.56 Å². The summed E-state index contributed by atoms with van der Waals surface area (Å²) >= 11 is 0. The predicted octanol–water partition coefficient (Wildman–Crippen LogP) is 3.53. The van der Waals surface area contributed by atoms with E-state index in [0.29, 0.717) is 13.2 Å². The molecule has 0 radical (unpaired) electrons. The maximum absolute atomic E-state index is 5.91. The Bertz CT molecular complexity index is 639. The summed E-state index contributed by atoms with van der Waals surface area (Å²) in [5.41, 5.74) is 6.06. The van der Waals surface area contributed by atoms with Crippen LogP contribution in [0.4, 0.5) is 0 Å². The monoisotopic (exact) mass is 298 g/mol. The van der Waals surface area contributed by atoms with E-state index in [1.54, 1.807) is 13.3 Å². The fourth-order valence-corrected chi connectivity index (χ4v) is 2.09. The molecule has 0 aliphatic rings. The predicted molar refractivity (Wildman–Crippen MR) is 89.8 cm³/mol. The van der Waals surface area contributed by atoms with Crippen LogP contribution >= 0.6 is 0 Å². The maximum Gasteiger partial charge on any atom is 0.161 e. The van der Waals surface area contributed by atoms with Crippen LogP contribution in [0.15, 0.2) is 47.6 Å². The number of hydrogen-bond donors (Lipinski definition) is 1. The first-order valence-electron chi connectivity index (χ1n) is 7.38. The van der Waals surface area contributed by atoms with Crippen molar-refractivity contribution in [2.24, 2.45) is 5.10 Å². The van der Waals surface area contributed by atoms with Crippen LogP contribution in [-0.4, -0.2) is 19.9 Å². The molecule has 22 heavy (non-hydrogen) atoms. The van der Waals surface area contributed by atoms with Crippen LogP contribution in [-0.2, 0) is 6.61 Å². The van der Waals surface area contributed by atoms with Gasteiger partial charge in [0, 0.05) is 7.05 Å². The van der Waals surface area contributed by atoms with Crippen molar-refractivity contribution >= 4 is 6.21 Å². The summed E-state index contributed by atoms with van der Waals surface area (Å²) in [5, 5.41) is 4.00. The summed E-state index contributed by atoms with van der Waals surface area (Å²) in [6.45, 7) is 5.14. The SMILES string of the molecule is CCOc1cc(/C=N/NC)ccc1OCc1cccc(C)c1. The van der Waals surface area contributed by atoms with Crippen LogP contribution in [0.25, 0.3) is 0 Å². The molecule has 0 amide bonds. The van der Waals surface area contributed by atoms with Gasteiger partial charge in [-0.3, -0.25) is 0 Å². The first-order chi connectivity index (χ1) is 10.7. The van der Waals surface area contributed by atoms with Crippen LogP contribution < -0.4 is 14.9 Å². The Kier molecular flexibility index (Phi) is 5.83. The Balaban J connectivity index is 2.13. The third-order valence-electron chi connectivity index (χ3n) is 3.09. The van der Waals surface area contributed by atoms with Crippen LogP contribution in [0, 0.1) is 6.92 Å². The Labute approximate surface area is 131 Å². The maximum atomic E-state index is 5.91. The second-order valence-corrected chi connectivity index (χ2v) is 4.90. The minimum absolute atomic E-state index is 0.520. The van der Waals surface area contributed by atoms with Gasteiger partial charge in [-0.15, -0.1) is 0 Å². The normalized spacial score (nSPS) is 10.7. The zero-order valence-electron chi connectivity index (χ0n) is 13.3. The molecule has 116 valence electrons. The molecule has 2 rings (SSSR count). The average Bonchev–Trinajstić information content (AvgIpc) is 2.52. The highest BCUT2D eigenvalue weighted by Crippen LogP contribution is 2.29. The van der Waals surface area contributed by atoms with E-state index in [1.807, 2.05) is 31.2 Å². The third-order valence-corrected chi connectivity index (χ3v) is 3.09. The molecule has 2 aromatic rings. The lowest BCUT2D eigenvalue weighted by Gasteiger charge is -2.13. The van der Waals surface area contributed by atoms with Gasteiger partial charge in [0.15, 0.2) is 11.5 Å². The summed E-state index contributed by atoms with van der Waals surface area (Å²) < 4.78 is 11.6. The molecule has 1 N–H and O–H groups in total. The molecule has 0 aromatic heterocycles. The van der Waals surface area contributed by atoms with E-state index in [2.05, 4.69) is 35.7 Å². The molecular formula is C18H22N2O2. The lowest BCUT2D eigenvalue weighted by Crippen LogP contribution is -2.01. The number of rotatable bonds is 7. The van der Waals surface area contributed by atoms with Gasteiger partial charge >= 0.3 is 0 Å². The topological polar surface area (TPSA) is 42.8 Å². The van der Waals surface area contributed by atoms with Gasteiger partial charge in [-0.25, -0.2) is 0 Å². The van der Waals surface area contributed by atoms with E-state index in [0.717, 1.165) is 22.6 Å². The van der Waals surface area contributed by atoms with Gasteiger partial charge in [-0.05, 0) is 43.2 Å². The minimum Gasteiger partial charge on any atom is -0.490 e. The van der Waals surface area contributed by atoms with Crippen molar-refractivity contribution < 1.29 is 9.47 Å². The number of nitrogens with one attached hydrogen (secondary N) is 1. The molecular weight excluding hydrogens is 276 g/mol. The van der Waals surface area contributed by atoms with Gasteiger partial charge in [0.25, 0.3) is 0 Å². The Morgan fingerprint density at radius 3 is 2.68 bits per heavy atom. The first-order valence-corrected chi connectivity index (χ1v) is 7.38. The van der Waals surface area contributed by atoms with E-state index in [-0.39, 0.29) is 0 Å². The molecule has 0 saturated carbocycles. The second-order valence-electron chi connectivity index (χ2n) is 4.90. The van der Waals surface area contributed by atoms with Crippen molar-refractivity contribution in [1.82, 2.24) is 5.43 Å². The van der Waals surface area contributed by atoms with E-state index >= 15 is 0 Å². The Hall–Kier alpha value is -2.49. The number of hydrogen-bond acceptors (Lipinski definition) is 4. The number of ether oxygens (including phenoxy) is 2. The molecule has 4 nitrogen and oxygen atoms in total. The van der Waals surface area contributed by atoms with Crippen molar-refractivity contribution in [3.63, 3.8) is 0 Å². The standard InChI is InChI=1S/C18H22N2O2/c1-4-21-18-11-15(12-20-19-3)8-9-17(18)22-13-16-7-5-6-14(2)10-16/h5-12,19H,4,13H2,1-3H3/b20-12+. The van der Waals surface area contributed by atoms with Gasteiger partial charge < -0.3 is 14.9 Å². The Morgan fingerprint density at radius 1 is 1.09 bits per heavy atom. The third kappa shape index (κ3) is 4.52. The average molecular weight is 298 g/mol. The van der Waals surface area contributed by atoms with E-state index in [4.69, 9.17) is 9.47 Å². The molecule has 0 aliphatic heterocycles. The summed E-state index contributed by atoms with van der Waals surface area (Å²) in [6, 6.07) is 14.1. The molecule has 0 saturated heterocycles. The fraction of sp³-hybridized carbons (Fsp3) is 0.278. The van der Waals surface area contributed by atoms with Gasteiger partial charge in [-0.2, -0.15) is 5.10 Å². The molecule has 0 heterocycles. The van der Waals surface area contributed by atoms with E-state index < -0.39 is 0 Å². The zero-order valence-corrected chi connectivity index (χ0v) is 13.3. The highest BCUT2D eigenvalue weighted by atomic mass is 16.5. The van der Waals surface area contributed by atoms with Crippen LogP contribution in [0.2, 0.25) is 0 Å². The van der Waals surface area contributed by atoms with Crippen molar-refractivity contribution in [2.75, 3.05) is 13.7 Å². The van der Waals surface area contributed by atoms with Crippen LogP contribution in [0.1, 0.15) is 23.6 Å². The number of hydrazone groups is 1. The van der Waals surface area contributed by atoms with Gasteiger partial charge in [-0.1, -0.05) is 29.8 Å². The van der Waals surface area contributed by atoms with Gasteiger partial charge in [0.1, 0.15) is 6.61 Å². The highest BCUT2D eigenvalue weighted by molar-refractivity contribution is 5.80. The summed E-state index contributed by atoms with van der Waals surface area (Å²) in [6.07, 6.45) is 1.74. The van der Waals surface area contributed by atoms with Crippen molar-refractivity contribution in [3.05, 3.63) is 59.2 Å². The fourth-order valence-electron chi connectivity index (χ4n) is 2.09. The minimum atomic E-state index is 0.520. The smallest absolute Gasteiger partial charge is 0.161 e. The largest absolute Gasteiger partial charge is 0.490 e. The molecule has 0 bridgehead atoms. The van der Waals surface area contributed by atoms with Crippen LogP contribution in [0.3, 0.4) is 0 Å². The number of benzene rings is 2. The molecule has 0 spiro atoms. The number of aryl methyl sites for hydroxylation is 1. The summed E-state index contributed by atoms with van der Waals surface area (Å²) in [5.74, 6) is 1.47. The van der Waals surface area contributed by atoms with E-state index in [9.17, 15) is 0 Å². The highest BCUT2D eigenvalue weighted by Gasteiger charge is 2.06. The first kappa shape index (κ1) is 15.9. The van der Waals surface area contributed by atoms with Crippen LogP contribution in [0.5, 0.6) is 11.5 Å². The quantitative estimate of drug-likeness (QED) is 0.628. The van der Waals surface area contributed by atoms with Gasteiger partial charge in [0.2, 0.25) is 0 Å². The lowest BCUT2D eigenvalue weighted by molar-refractivity contribution is 0.269. The second kappa shape index (κ2) is 8.08. The molecule has 0 unspecified atom stereocenters. The Morgan fingerprint density at radius 2 is 1.95 bits per heavy atom. The summed E-state index contributed by atoms with van der Waals surface area (Å²) in [7, 11) is 1.76. The summed E-state index contributed by atoms with van der Waals surface area (Å²) in [4.78, 5) is 0. The molecule has 2 aromatic carbocycles. The molecule has 4 heteroatoms. The van der Waals surface area contributed by atoms with Crippen molar-refractivity contribution in [2.45, 2.75) is 20.5 Å². The lowest BCUT2D eigenvalue weighted by atomic mass is 10.1. The molecule has 0 fully saturated rings. The van der Waals surface area contributed by atoms with Gasteiger partial charge in [0.05, 0.1) is 12.8 Å². The molecule has 0 aliphatic carbocycles.